The predicted octanol–water partition coefficient (Wildman–Crippen LogP) is 14.0. The van der Waals surface area contributed by atoms with Gasteiger partial charge in [-0.2, -0.15) is 0 Å². The third-order valence-electron chi connectivity index (χ3n) is 11.7. The molecule has 11 rings (SSSR count). The van der Waals surface area contributed by atoms with Crippen molar-refractivity contribution >= 4 is 43.1 Å². The Hall–Kier alpha value is -6.76. The molecule has 10 aromatic rings. The van der Waals surface area contributed by atoms with E-state index in [1.165, 1.54) is 98.7 Å². The normalized spacial score (nSPS) is 13.1. The van der Waals surface area contributed by atoms with E-state index in [1.807, 2.05) is 0 Å². The maximum Gasteiger partial charge on any atom is 0.0719 e. The van der Waals surface area contributed by atoms with Gasteiger partial charge in [0.05, 0.1) is 5.41 Å². The average Bonchev–Trinajstić information content (AvgIpc) is 3.54. The van der Waals surface area contributed by atoms with Crippen LogP contribution in [0, 0.1) is 0 Å². The summed E-state index contributed by atoms with van der Waals surface area (Å²) in [6.07, 6.45) is 0. The number of fused-ring (bicyclic) bond motifs is 9. The van der Waals surface area contributed by atoms with Gasteiger partial charge in [0.15, 0.2) is 0 Å². The van der Waals surface area contributed by atoms with Crippen LogP contribution in [0.2, 0.25) is 0 Å². The largest absolute Gasteiger partial charge is 0.0719 e. The van der Waals surface area contributed by atoms with E-state index in [0.717, 1.165) is 0 Å². The zero-order valence-corrected chi connectivity index (χ0v) is 29.1. The average molecular weight is 671 g/mol. The van der Waals surface area contributed by atoms with Gasteiger partial charge in [0.1, 0.15) is 0 Å². The zero-order valence-electron chi connectivity index (χ0n) is 29.1. The van der Waals surface area contributed by atoms with E-state index >= 15 is 0 Å². The van der Waals surface area contributed by atoms with Gasteiger partial charge in [-0.3, -0.25) is 0 Å². The van der Waals surface area contributed by atoms with E-state index in [-0.39, 0.29) is 0 Å². The first-order valence-corrected chi connectivity index (χ1v) is 18.5. The highest BCUT2D eigenvalue weighted by Gasteiger charge is 2.47. The highest BCUT2D eigenvalue weighted by Crippen LogP contribution is 2.59. The van der Waals surface area contributed by atoms with Crippen LogP contribution in [0.3, 0.4) is 0 Å². The molecule has 0 heteroatoms. The monoisotopic (exact) mass is 670 g/mol. The predicted molar refractivity (Wildman–Crippen MR) is 225 cm³/mol. The first kappa shape index (κ1) is 29.9. The van der Waals surface area contributed by atoms with Crippen molar-refractivity contribution in [3.63, 3.8) is 0 Å². The van der Waals surface area contributed by atoms with Crippen LogP contribution in [0.25, 0.3) is 76.5 Å². The van der Waals surface area contributed by atoms with E-state index < -0.39 is 5.41 Å². The molecule has 10 aromatic carbocycles. The molecule has 0 amide bonds. The molecule has 0 nitrogen and oxygen atoms in total. The summed E-state index contributed by atoms with van der Waals surface area (Å²) in [5.74, 6) is 0. The van der Waals surface area contributed by atoms with Crippen LogP contribution in [-0.4, -0.2) is 0 Å². The Labute approximate surface area is 309 Å². The highest BCUT2D eigenvalue weighted by molar-refractivity contribution is 6.20. The van der Waals surface area contributed by atoms with Gasteiger partial charge < -0.3 is 0 Å². The van der Waals surface area contributed by atoms with Crippen molar-refractivity contribution < 1.29 is 0 Å². The minimum absolute atomic E-state index is 0.550. The van der Waals surface area contributed by atoms with E-state index in [4.69, 9.17) is 0 Å². The molecule has 0 aliphatic heterocycles. The molecule has 0 bridgehead atoms. The first-order chi connectivity index (χ1) is 26.3. The molecule has 246 valence electrons. The van der Waals surface area contributed by atoms with E-state index in [9.17, 15) is 0 Å². The summed E-state index contributed by atoms with van der Waals surface area (Å²) in [5, 5.41) is 10.2. The molecule has 0 saturated carbocycles. The van der Waals surface area contributed by atoms with Crippen LogP contribution in [0.15, 0.2) is 206 Å². The lowest BCUT2D eigenvalue weighted by molar-refractivity contribution is 0.776. The van der Waals surface area contributed by atoms with Gasteiger partial charge in [-0.15, -0.1) is 0 Å². The smallest absolute Gasteiger partial charge is 0.0622 e. The topological polar surface area (TPSA) is 0 Å². The molecule has 0 radical (unpaired) electrons. The van der Waals surface area contributed by atoms with Crippen molar-refractivity contribution in [1.82, 2.24) is 0 Å². The lowest BCUT2D eigenvalue weighted by atomic mass is 9.66. The third-order valence-corrected chi connectivity index (χ3v) is 11.7. The third kappa shape index (κ3) is 4.30. The second-order valence-electron chi connectivity index (χ2n) is 14.4. The van der Waals surface area contributed by atoms with Crippen LogP contribution in [0.4, 0.5) is 0 Å². The number of rotatable bonds is 4. The molecular formula is C53H34. The summed E-state index contributed by atoms with van der Waals surface area (Å²) in [6, 6.07) is 76.8. The number of benzene rings is 10. The van der Waals surface area contributed by atoms with Crippen molar-refractivity contribution in [1.29, 1.82) is 0 Å². The molecule has 0 unspecified atom stereocenters. The maximum atomic E-state index is 2.53. The fraction of sp³-hybridized carbons (Fsp3) is 0.0189. The Morgan fingerprint density at radius 2 is 0.887 bits per heavy atom. The summed E-state index contributed by atoms with van der Waals surface area (Å²) >= 11 is 0. The Balaban J connectivity index is 1.28. The van der Waals surface area contributed by atoms with Crippen molar-refractivity contribution in [2.24, 2.45) is 0 Å². The highest BCUT2D eigenvalue weighted by atomic mass is 14.5. The molecule has 53 heavy (non-hydrogen) atoms. The molecule has 0 N–H and O–H groups in total. The Morgan fingerprint density at radius 1 is 0.283 bits per heavy atom. The SMILES string of the molecule is c1ccc(-c2cccc3c4c(ccc23)-c2ccc(-c3c5ccccc5cc5c3ccc3ccccc35)cc2C4(c2ccccc2)c2ccccc2)cc1. The zero-order chi connectivity index (χ0) is 34.9. The van der Waals surface area contributed by atoms with E-state index in [1.54, 1.807) is 0 Å². The standard InChI is InChI=1S/C53H34/c1-4-15-35(16-5-1)41-25-14-26-47-44(41)31-32-48-45-29-28-38(34-50(45)53(52(47)48,39-19-6-2-7-20-39)40-21-8-3-9-22-40)51-43-24-13-11-18-37(43)33-49-42-23-12-10-17-36(42)27-30-46(49)51/h1-34H. The fourth-order valence-corrected chi connectivity index (χ4v) is 9.51. The summed E-state index contributed by atoms with van der Waals surface area (Å²) < 4.78 is 0. The van der Waals surface area contributed by atoms with Crippen molar-refractivity contribution in [3.05, 3.63) is 229 Å². The van der Waals surface area contributed by atoms with Gasteiger partial charge in [-0.05, 0) is 111 Å². The second-order valence-corrected chi connectivity index (χ2v) is 14.4. The van der Waals surface area contributed by atoms with Gasteiger partial charge in [0.25, 0.3) is 0 Å². The second kappa shape index (κ2) is 11.6. The number of hydrogen-bond donors (Lipinski definition) is 0. The lowest BCUT2D eigenvalue weighted by Gasteiger charge is -2.35. The molecule has 0 atom stereocenters. The van der Waals surface area contributed by atoms with E-state index in [2.05, 4.69) is 206 Å². The molecule has 0 saturated heterocycles. The summed E-state index contributed by atoms with van der Waals surface area (Å²) in [7, 11) is 0. The van der Waals surface area contributed by atoms with Crippen molar-refractivity contribution in [2.75, 3.05) is 0 Å². The summed E-state index contributed by atoms with van der Waals surface area (Å²) in [4.78, 5) is 0. The molecule has 1 aliphatic rings. The molecule has 0 fully saturated rings. The molecule has 1 aliphatic carbocycles. The van der Waals surface area contributed by atoms with Gasteiger partial charge >= 0.3 is 0 Å². The van der Waals surface area contributed by atoms with Gasteiger partial charge in [-0.25, -0.2) is 0 Å². The fourth-order valence-electron chi connectivity index (χ4n) is 9.51. The molecular weight excluding hydrogens is 637 g/mol. The quantitative estimate of drug-likeness (QED) is 0.129. The Morgan fingerprint density at radius 3 is 1.64 bits per heavy atom. The van der Waals surface area contributed by atoms with Crippen LogP contribution in [0.1, 0.15) is 22.3 Å². The van der Waals surface area contributed by atoms with Gasteiger partial charge in [0.2, 0.25) is 0 Å². The van der Waals surface area contributed by atoms with Crippen LogP contribution < -0.4 is 0 Å². The minimum atomic E-state index is -0.550. The Kier molecular flexibility index (Phi) is 6.57. The van der Waals surface area contributed by atoms with Gasteiger partial charge in [-0.1, -0.05) is 194 Å². The molecule has 0 aromatic heterocycles. The van der Waals surface area contributed by atoms with Crippen molar-refractivity contribution in [2.45, 2.75) is 5.41 Å². The summed E-state index contributed by atoms with van der Waals surface area (Å²) in [6.45, 7) is 0. The Bertz CT molecular complexity index is 2990. The first-order valence-electron chi connectivity index (χ1n) is 18.5. The lowest BCUT2D eigenvalue weighted by Crippen LogP contribution is -2.29. The van der Waals surface area contributed by atoms with Crippen LogP contribution >= 0.6 is 0 Å². The maximum absolute atomic E-state index is 2.53. The van der Waals surface area contributed by atoms with Crippen LogP contribution in [-0.2, 0) is 5.41 Å². The minimum Gasteiger partial charge on any atom is -0.0622 e. The van der Waals surface area contributed by atoms with E-state index in [0.29, 0.717) is 0 Å². The summed E-state index contributed by atoms with van der Waals surface area (Å²) in [5.41, 5.74) is 12.3. The molecule has 0 heterocycles. The number of hydrogen-bond acceptors (Lipinski definition) is 0. The van der Waals surface area contributed by atoms with Gasteiger partial charge in [0, 0.05) is 0 Å². The van der Waals surface area contributed by atoms with Crippen LogP contribution in [0.5, 0.6) is 0 Å². The molecule has 0 spiro atoms. The van der Waals surface area contributed by atoms with Crippen molar-refractivity contribution in [3.8, 4) is 33.4 Å².